The van der Waals surface area contributed by atoms with Crippen LogP contribution in [0.15, 0.2) is 38.0 Å². The highest BCUT2D eigenvalue weighted by atomic mass is 16.6. The number of esters is 1. The zero-order valence-corrected chi connectivity index (χ0v) is 14.6. The predicted octanol–water partition coefficient (Wildman–Crippen LogP) is 3.88. The Labute approximate surface area is 144 Å². The summed E-state index contributed by atoms with van der Waals surface area (Å²) in [7, 11) is 0. The molecule has 6 heteroatoms. The molecule has 3 rings (SSSR count). The van der Waals surface area contributed by atoms with Gasteiger partial charge in [0.25, 0.3) is 0 Å². The third-order valence-corrected chi connectivity index (χ3v) is 4.03. The van der Waals surface area contributed by atoms with Crippen LogP contribution in [0.4, 0.5) is 0 Å². The quantitative estimate of drug-likeness (QED) is 0.529. The van der Waals surface area contributed by atoms with Crippen LogP contribution in [0.3, 0.4) is 0 Å². The van der Waals surface area contributed by atoms with Crippen molar-refractivity contribution in [2.45, 2.75) is 40.2 Å². The van der Waals surface area contributed by atoms with Crippen LogP contribution in [0.2, 0.25) is 0 Å². The molecule has 0 N–H and O–H groups in total. The summed E-state index contributed by atoms with van der Waals surface area (Å²) in [5.74, 6) is -0.273. The minimum atomic E-state index is -0.627. The molecule has 1 aromatic carbocycles. The molecular formula is C19H19NO5. The summed E-state index contributed by atoms with van der Waals surface area (Å²) in [4.78, 5) is 23.8. The molecule has 2 aromatic heterocycles. The van der Waals surface area contributed by atoms with Crippen LogP contribution in [-0.4, -0.2) is 11.1 Å². The Kier molecular flexibility index (Phi) is 4.44. The topological polar surface area (TPSA) is 82.5 Å². The van der Waals surface area contributed by atoms with Crippen LogP contribution in [0, 0.1) is 13.8 Å². The summed E-state index contributed by atoms with van der Waals surface area (Å²) in [6, 6.07) is 6.68. The molecule has 0 saturated heterocycles. The number of hydrogen-bond donors (Lipinski definition) is 0. The number of hydrogen-bond acceptors (Lipinski definition) is 6. The van der Waals surface area contributed by atoms with E-state index in [-0.39, 0.29) is 12.4 Å². The number of carbonyl (C=O) groups is 1. The fourth-order valence-electron chi connectivity index (χ4n) is 2.81. The molecule has 0 spiro atoms. The van der Waals surface area contributed by atoms with E-state index < -0.39 is 11.6 Å². The van der Waals surface area contributed by atoms with Crippen molar-refractivity contribution in [2.24, 2.45) is 0 Å². The van der Waals surface area contributed by atoms with Crippen molar-refractivity contribution in [1.82, 2.24) is 5.16 Å². The summed E-state index contributed by atoms with van der Waals surface area (Å²) in [5, 5.41) is 4.42. The molecule has 0 unspecified atom stereocenters. The number of fused-ring (bicyclic) bond motifs is 1. The third-order valence-electron chi connectivity index (χ3n) is 4.03. The van der Waals surface area contributed by atoms with Crippen molar-refractivity contribution in [2.75, 3.05) is 0 Å². The predicted molar refractivity (Wildman–Crippen MR) is 91.7 cm³/mol. The molecule has 0 saturated carbocycles. The van der Waals surface area contributed by atoms with E-state index in [0.29, 0.717) is 22.8 Å². The minimum Gasteiger partial charge on any atom is -0.455 e. The maximum absolute atomic E-state index is 12.0. The van der Waals surface area contributed by atoms with Gasteiger partial charge in [0.1, 0.15) is 12.2 Å². The minimum absolute atomic E-state index is 0.0310. The van der Waals surface area contributed by atoms with E-state index in [1.807, 2.05) is 19.1 Å². The number of aryl methyl sites for hydroxylation is 2. The first-order chi connectivity index (χ1) is 11.8. The van der Waals surface area contributed by atoms with Crippen molar-refractivity contribution in [3.05, 3.63) is 62.8 Å². The van der Waals surface area contributed by atoms with Gasteiger partial charge in [-0.25, -0.2) is 9.59 Å². The maximum atomic E-state index is 12.0. The largest absolute Gasteiger partial charge is 0.455 e. The summed E-state index contributed by atoms with van der Waals surface area (Å²) in [5.41, 5.74) is 3.39. The van der Waals surface area contributed by atoms with E-state index in [9.17, 15) is 9.59 Å². The van der Waals surface area contributed by atoms with Crippen LogP contribution in [-0.2, 0) is 11.3 Å². The molecule has 0 fully saturated rings. The molecule has 130 valence electrons. The molecular weight excluding hydrogens is 322 g/mol. The number of aromatic nitrogens is 1. The number of nitrogens with zero attached hydrogens (tertiary/aromatic N) is 1. The van der Waals surface area contributed by atoms with Gasteiger partial charge in [-0.15, -0.1) is 0 Å². The molecule has 6 nitrogen and oxygen atoms in total. The van der Waals surface area contributed by atoms with Crippen LogP contribution in [0.5, 0.6) is 0 Å². The van der Waals surface area contributed by atoms with Gasteiger partial charge in [-0.3, -0.25) is 0 Å². The second-order valence-electron chi connectivity index (χ2n) is 6.36. The lowest BCUT2D eigenvalue weighted by Crippen LogP contribution is -2.08. The molecule has 3 aromatic rings. The second kappa shape index (κ2) is 6.55. The Hall–Kier alpha value is -2.89. The van der Waals surface area contributed by atoms with Gasteiger partial charge in [-0.05, 0) is 43.0 Å². The molecule has 0 amide bonds. The fraction of sp³-hybridized carbons (Fsp3) is 0.316. The zero-order valence-electron chi connectivity index (χ0n) is 14.6. The molecule has 0 aliphatic heterocycles. The molecule has 25 heavy (non-hydrogen) atoms. The van der Waals surface area contributed by atoms with Crippen LogP contribution in [0.1, 0.15) is 52.7 Å². The molecule has 0 bridgehead atoms. The highest BCUT2D eigenvalue weighted by Crippen LogP contribution is 2.27. The fourth-order valence-corrected chi connectivity index (χ4v) is 2.81. The van der Waals surface area contributed by atoms with Crippen molar-refractivity contribution < 1.29 is 18.5 Å². The van der Waals surface area contributed by atoms with Gasteiger partial charge in [0, 0.05) is 23.1 Å². The second-order valence-corrected chi connectivity index (χ2v) is 6.36. The van der Waals surface area contributed by atoms with E-state index in [4.69, 9.17) is 13.7 Å². The standard InChI is InChI=1S/C19H19NO5/c1-10(2)14-8-15-13(7-18(21)24-16(15)5-11(14)3)9-23-19(22)17-6-12(4)20-25-17/h5-8,10H,9H2,1-4H3. The van der Waals surface area contributed by atoms with Gasteiger partial charge in [0.15, 0.2) is 0 Å². The van der Waals surface area contributed by atoms with Gasteiger partial charge in [-0.1, -0.05) is 19.0 Å². The molecule has 0 aliphatic carbocycles. The monoisotopic (exact) mass is 341 g/mol. The normalized spacial score (nSPS) is 11.2. The number of carbonyl (C=O) groups excluding carboxylic acids is 1. The van der Waals surface area contributed by atoms with Crippen molar-refractivity contribution in [1.29, 1.82) is 0 Å². The van der Waals surface area contributed by atoms with E-state index in [2.05, 4.69) is 19.0 Å². The first-order valence-electron chi connectivity index (χ1n) is 8.03. The maximum Gasteiger partial charge on any atom is 0.377 e. The van der Waals surface area contributed by atoms with Gasteiger partial charge < -0.3 is 13.7 Å². The summed E-state index contributed by atoms with van der Waals surface area (Å²) in [6.45, 7) is 7.83. The van der Waals surface area contributed by atoms with Crippen LogP contribution in [0.25, 0.3) is 11.0 Å². The number of ether oxygens (including phenoxy) is 1. The van der Waals surface area contributed by atoms with Gasteiger partial charge >= 0.3 is 11.6 Å². The average Bonchev–Trinajstić information content (AvgIpc) is 2.97. The van der Waals surface area contributed by atoms with Crippen molar-refractivity contribution >= 4 is 16.9 Å². The molecule has 0 atom stereocenters. The van der Waals surface area contributed by atoms with E-state index in [0.717, 1.165) is 16.5 Å². The highest BCUT2D eigenvalue weighted by molar-refractivity contribution is 5.87. The Balaban J connectivity index is 1.96. The number of rotatable bonds is 4. The van der Waals surface area contributed by atoms with Crippen molar-refractivity contribution in [3.63, 3.8) is 0 Å². The Morgan fingerprint density at radius 2 is 1.96 bits per heavy atom. The van der Waals surface area contributed by atoms with Gasteiger partial charge in [0.05, 0.1) is 5.69 Å². The third kappa shape index (κ3) is 3.47. The Bertz CT molecular complexity index is 997. The lowest BCUT2D eigenvalue weighted by atomic mass is 9.95. The smallest absolute Gasteiger partial charge is 0.377 e. The SMILES string of the molecule is Cc1cc(C(=O)OCc2cc(=O)oc3cc(C)c(C(C)C)cc23)on1. The van der Waals surface area contributed by atoms with Gasteiger partial charge in [-0.2, -0.15) is 0 Å². The van der Waals surface area contributed by atoms with Crippen molar-refractivity contribution in [3.8, 4) is 0 Å². The summed E-state index contributed by atoms with van der Waals surface area (Å²) in [6.07, 6.45) is 0. The lowest BCUT2D eigenvalue weighted by Gasteiger charge is -2.13. The molecule has 0 aliphatic rings. The zero-order chi connectivity index (χ0) is 18.1. The summed E-state index contributed by atoms with van der Waals surface area (Å²) >= 11 is 0. The van der Waals surface area contributed by atoms with E-state index in [1.165, 1.54) is 12.1 Å². The van der Waals surface area contributed by atoms with Crippen LogP contribution < -0.4 is 5.63 Å². The first kappa shape index (κ1) is 17.0. The van der Waals surface area contributed by atoms with Gasteiger partial charge in [0.2, 0.25) is 5.76 Å². The highest BCUT2D eigenvalue weighted by Gasteiger charge is 2.16. The first-order valence-corrected chi connectivity index (χ1v) is 8.03. The lowest BCUT2D eigenvalue weighted by molar-refractivity contribution is 0.0427. The summed E-state index contributed by atoms with van der Waals surface area (Å²) < 4.78 is 15.4. The Morgan fingerprint density at radius 1 is 1.20 bits per heavy atom. The molecule has 2 heterocycles. The molecule has 0 radical (unpaired) electrons. The average molecular weight is 341 g/mol. The van der Waals surface area contributed by atoms with E-state index >= 15 is 0 Å². The van der Waals surface area contributed by atoms with Crippen LogP contribution >= 0.6 is 0 Å². The van der Waals surface area contributed by atoms with E-state index in [1.54, 1.807) is 6.92 Å². The number of benzene rings is 1. The Morgan fingerprint density at radius 3 is 2.60 bits per heavy atom.